The summed E-state index contributed by atoms with van der Waals surface area (Å²) in [4.78, 5) is 18.5. The molecular formula is C21H19ClFN3O3. The summed E-state index contributed by atoms with van der Waals surface area (Å²) in [6, 6.07) is 12.1. The molecule has 6 nitrogen and oxygen atoms in total. The fraction of sp³-hybridized carbons (Fsp3) is 0.286. The van der Waals surface area contributed by atoms with E-state index in [4.69, 9.17) is 20.9 Å². The van der Waals surface area contributed by atoms with Crippen LogP contribution in [0.1, 0.15) is 29.6 Å². The highest BCUT2D eigenvalue weighted by molar-refractivity contribution is 6.31. The van der Waals surface area contributed by atoms with Gasteiger partial charge in [0.25, 0.3) is 0 Å². The van der Waals surface area contributed by atoms with Crippen LogP contribution in [0.15, 0.2) is 47.0 Å². The third kappa shape index (κ3) is 4.24. The molecule has 1 saturated heterocycles. The summed E-state index contributed by atoms with van der Waals surface area (Å²) >= 11 is 5.84. The van der Waals surface area contributed by atoms with Gasteiger partial charge in [-0.05, 0) is 42.3 Å². The summed E-state index contributed by atoms with van der Waals surface area (Å²) in [5.41, 5.74) is 1.70. The number of anilines is 1. The topological polar surface area (TPSA) is 68.5 Å². The van der Waals surface area contributed by atoms with Crippen molar-refractivity contribution in [3.63, 3.8) is 0 Å². The Bertz CT molecular complexity index is 1020. The van der Waals surface area contributed by atoms with E-state index in [1.807, 2.05) is 24.3 Å². The van der Waals surface area contributed by atoms with E-state index in [1.54, 1.807) is 12.0 Å². The molecule has 1 amide bonds. The quantitative estimate of drug-likeness (QED) is 0.604. The van der Waals surface area contributed by atoms with E-state index in [1.165, 1.54) is 18.2 Å². The van der Waals surface area contributed by atoms with Crippen molar-refractivity contribution < 1.29 is 18.4 Å². The number of amides is 1. The van der Waals surface area contributed by atoms with Gasteiger partial charge in [0.15, 0.2) is 5.82 Å². The second-order valence-electron chi connectivity index (χ2n) is 6.90. The van der Waals surface area contributed by atoms with Crippen LogP contribution in [-0.2, 0) is 17.6 Å². The molecule has 150 valence electrons. The van der Waals surface area contributed by atoms with Gasteiger partial charge < -0.3 is 14.2 Å². The largest absolute Gasteiger partial charge is 0.497 e. The Kier molecular flexibility index (Phi) is 5.49. The number of aryl methyl sites for hydroxylation is 2. The van der Waals surface area contributed by atoms with Crippen molar-refractivity contribution in [1.29, 1.82) is 0 Å². The summed E-state index contributed by atoms with van der Waals surface area (Å²) in [6.07, 6.45) is 1.64. The molecule has 0 bridgehead atoms. The second kappa shape index (κ2) is 8.21. The molecule has 4 rings (SSSR count). The Morgan fingerprint density at radius 2 is 2.03 bits per heavy atom. The average Bonchev–Trinajstić information content (AvgIpc) is 3.35. The lowest BCUT2D eigenvalue weighted by Crippen LogP contribution is -2.24. The molecule has 0 aliphatic carbocycles. The predicted molar refractivity (Wildman–Crippen MR) is 106 cm³/mol. The summed E-state index contributed by atoms with van der Waals surface area (Å²) < 4.78 is 23.9. The van der Waals surface area contributed by atoms with Gasteiger partial charge in [-0.1, -0.05) is 28.9 Å². The number of hydrogen-bond donors (Lipinski definition) is 0. The molecule has 29 heavy (non-hydrogen) atoms. The van der Waals surface area contributed by atoms with Gasteiger partial charge in [-0.3, -0.25) is 4.79 Å². The number of ether oxygens (including phenoxy) is 1. The van der Waals surface area contributed by atoms with E-state index < -0.39 is 5.82 Å². The molecule has 3 aromatic rings. The van der Waals surface area contributed by atoms with Crippen LogP contribution in [0.2, 0.25) is 5.02 Å². The zero-order chi connectivity index (χ0) is 20.4. The molecule has 0 radical (unpaired) electrons. The number of hydrogen-bond acceptors (Lipinski definition) is 5. The molecule has 1 aliphatic rings. The third-order valence-electron chi connectivity index (χ3n) is 4.98. The van der Waals surface area contributed by atoms with Crippen molar-refractivity contribution >= 4 is 23.2 Å². The lowest BCUT2D eigenvalue weighted by atomic mass is 10.1. The molecule has 0 unspecified atom stereocenters. The van der Waals surface area contributed by atoms with Crippen molar-refractivity contribution in [3.8, 4) is 5.75 Å². The van der Waals surface area contributed by atoms with Crippen LogP contribution in [-0.4, -0.2) is 29.7 Å². The first-order valence-corrected chi connectivity index (χ1v) is 9.62. The Morgan fingerprint density at radius 3 is 2.76 bits per heavy atom. The summed E-state index contributed by atoms with van der Waals surface area (Å²) in [5.74, 6) is 1.09. The minimum Gasteiger partial charge on any atom is -0.497 e. The van der Waals surface area contributed by atoms with E-state index in [-0.39, 0.29) is 23.3 Å². The zero-order valence-electron chi connectivity index (χ0n) is 15.8. The van der Waals surface area contributed by atoms with Gasteiger partial charge in [-0.2, -0.15) is 4.98 Å². The first kappa shape index (κ1) is 19.4. The minimum absolute atomic E-state index is 0.0147. The highest BCUT2D eigenvalue weighted by atomic mass is 35.5. The SMILES string of the molecule is COc1ccc(CCc2nc([C@H]3CC(=O)N(c4ccc(F)c(Cl)c4)C3)no2)cc1. The van der Waals surface area contributed by atoms with Crippen LogP contribution in [0.3, 0.4) is 0 Å². The fourth-order valence-corrected chi connectivity index (χ4v) is 3.54. The number of halogens is 2. The number of nitrogens with zero attached hydrogens (tertiary/aromatic N) is 3. The number of aromatic nitrogens is 2. The maximum absolute atomic E-state index is 13.4. The predicted octanol–water partition coefficient (Wildman–Crippen LogP) is 4.18. The molecule has 1 fully saturated rings. The molecule has 2 heterocycles. The molecule has 1 atom stereocenters. The Balaban J connectivity index is 1.40. The van der Waals surface area contributed by atoms with E-state index in [9.17, 15) is 9.18 Å². The first-order valence-electron chi connectivity index (χ1n) is 9.24. The molecule has 2 aromatic carbocycles. The Hall–Kier alpha value is -2.93. The standard InChI is InChI=1S/C21H19ClFN3O3/c1-28-16-6-2-13(3-7-16)4-9-19-24-21(25-29-19)14-10-20(27)26(12-14)15-5-8-18(23)17(22)11-15/h2-3,5-8,11,14H,4,9-10,12H2,1H3/t14-/m0/s1. The van der Waals surface area contributed by atoms with Gasteiger partial charge in [-0.15, -0.1) is 0 Å². The van der Waals surface area contributed by atoms with Crippen molar-refractivity contribution in [2.75, 3.05) is 18.6 Å². The molecule has 0 N–H and O–H groups in total. The molecule has 1 aliphatic heterocycles. The lowest BCUT2D eigenvalue weighted by molar-refractivity contribution is -0.117. The van der Waals surface area contributed by atoms with Gasteiger partial charge >= 0.3 is 0 Å². The van der Waals surface area contributed by atoms with E-state index in [2.05, 4.69) is 10.1 Å². The molecule has 0 saturated carbocycles. The molecular weight excluding hydrogens is 397 g/mol. The fourth-order valence-electron chi connectivity index (χ4n) is 3.36. The number of benzene rings is 2. The van der Waals surface area contributed by atoms with Gasteiger partial charge in [0.2, 0.25) is 11.8 Å². The lowest BCUT2D eigenvalue weighted by Gasteiger charge is -2.16. The highest BCUT2D eigenvalue weighted by Crippen LogP contribution is 2.32. The number of rotatable bonds is 6. The molecule has 0 spiro atoms. The van der Waals surface area contributed by atoms with Crippen LogP contribution in [0.4, 0.5) is 10.1 Å². The van der Waals surface area contributed by atoms with E-state index in [0.29, 0.717) is 30.4 Å². The maximum Gasteiger partial charge on any atom is 0.227 e. The summed E-state index contributed by atoms with van der Waals surface area (Å²) in [6.45, 7) is 0.401. The van der Waals surface area contributed by atoms with Gasteiger partial charge in [0, 0.05) is 31.0 Å². The number of carbonyl (C=O) groups is 1. The van der Waals surface area contributed by atoms with Crippen molar-refractivity contribution in [1.82, 2.24) is 10.1 Å². The van der Waals surface area contributed by atoms with Crippen molar-refractivity contribution in [2.24, 2.45) is 0 Å². The number of carbonyl (C=O) groups excluding carboxylic acids is 1. The minimum atomic E-state index is -0.515. The summed E-state index contributed by atoms with van der Waals surface area (Å²) in [5, 5.41) is 4.05. The van der Waals surface area contributed by atoms with E-state index in [0.717, 1.165) is 17.7 Å². The van der Waals surface area contributed by atoms with Crippen molar-refractivity contribution in [2.45, 2.75) is 25.2 Å². The Morgan fingerprint density at radius 1 is 1.24 bits per heavy atom. The first-order chi connectivity index (χ1) is 14.0. The Labute approximate surface area is 172 Å². The molecule has 8 heteroatoms. The number of methoxy groups -OCH3 is 1. The van der Waals surface area contributed by atoms with Crippen molar-refractivity contribution in [3.05, 3.63) is 70.6 Å². The van der Waals surface area contributed by atoms with E-state index >= 15 is 0 Å². The second-order valence-corrected chi connectivity index (χ2v) is 7.31. The van der Waals surface area contributed by atoms with Gasteiger partial charge in [0.1, 0.15) is 11.6 Å². The van der Waals surface area contributed by atoms with Crippen LogP contribution < -0.4 is 9.64 Å². The van der Waals surface area contributed by atoms with Gasteiger partial charge in [-0.25, -0.2) is 4.39 Å². The smallest absolute Gasteiger partial charge is 0.227 e. The highest BCUT2D eigenvalue weighted by Gasteiger charge is 2.34. The van der Waals surface area contributed by atoms with Gasteiger partial charge in [0.05, 0.1) is 12.1 Å². The van der Waals surface area contributed by atoms with Crippen LogP contribution in [0.25, 0.3) is 0 Å². The zero-order valence-corrected chi connectivity index (χ0v) is 16.5. The third-order valence-corrected chi connectivity index (χ3v) is 5.27. The monoisotopic (exact) mass is 415 g/mol. The average molecular weight is 416 g/mol. The normalized spacial score (nSPS) is 16.4. The maximum atomic E-state index is 13.4. The van der Waals surface area contributed by atoms with Crippen LogP contribution in [0.5, 0.6) is 5.75 Å². The van der Waals surface area contributed by atoms with Crippen LogP contribution in [0, 0.1) is 5.82 Å². The summed E-state index contributed by atoms with van der Waals surface area (Å²) in [7, 11) is 1.63. The molecule has 1 aromatic heterocycles. The van der Waals surface area contributed by atoms with Crippen LogP contribution >= 0.6 is 11.6 Å².